The first-order valence-corrected chi connectivity index (χ1v) is 6.45. The van der Waals surface area contributed by atoms with Crippen LogP contribution in [0.1, 0.15) is 5.76 Å². The van der Waals surface area contributed by atoms with E-state index in [4.69, 9.17) is 4.42 Å². The molecule has 2 heterocycles. The lowest BCUT2D eigenvalue weighted by Crippen LogP contribution is -2.49. The number of carbonyl (C=O) groups excluding carboxylic acids is 2. The van der Waals surface area contributed by atoms with Crippen LogP contribution in [0.5, 0.6) is 0 Å². The Balaban J connectivity index is 1.72. The summed E-state index contributed by atoms with van der Waals surface area (Å²) >= 11 is 0. The molecule has 1 aromatic heterocycles. The normalized spacial score (nSPS) is 15.8. The van der Waals surface area contributed by atoms with Crippen LogP contribution >= 0.6 is 0 Å². The van der Waals surface area contributed by atoms with E-state index in [0.717, 1.165) is 11.0 Å². The Morgan fingerprint density at radius 1 is 1.35 bits per heavy atom. The number of nitrogens with zero attached hydrogens (tertiary/aromatic N) is 1. The third kappa shape index (κ3) is 2.56. The summed E-state index contributed by atoms with van der Waals surface area (Å²) in [7, 11) is 0. The number of piperazine rings is 1. The van der Waals surface area contributed by atoms with Gasteiger partial charge in [0, 0.05) is 24.6 Å². The summed E-state index contributed by atoms with van der Waals surface area (Å²) in [6.45, 7) is 1.15. The summed E-state index contributed by atoms with van der Waals surface area (Å²) < 4.78 is 5.59. The first-order valence-electron chi connectivity index (χ1n) is 6.45. The lowest BCUT2D eigenvalue weighted by atomic mass is 10.2. The van der Waals surface area contributed by atoms with Crippen LogP contribution in [0.3, 0.4) is 0 Å². The van der Waals surface area contributed by atoms with E-state index in [1.165, 1.54) is 11.0 Å². The quantitative estimate of drug-likeness (QED) is 0.839. The van der Waals surface area contributed by atoms with Crippen LogP contribution in [0.15, 0.2) is 40.8 Å². The topological polar surface area (TPSA) is 62.6 Å². The Labute approximate surface area is 115 Å². The number of fused-ring (bicyclic) bond motifs is 1. The minimum absolute atomic E-state index is 0.114. The zero-order valence-corrected chi connectivity index (χ0v) is 10.8. The second-order valence-electron chi connectivity index (χ2n) is 4.63. The lowest BCUT2D eigenvalue weighted by Gasteiger charge is -2.25. The van der Waals surface area contributed by atoms with Crippen LogP contribution in [0.25, 0.3) is 17.0 Å². The summed E-state index contributed by atoms with van der Waals surface area (Å²) in [5.74, 6) is 0.322. The third-order valence-corrected chi connectivity index (χ3v) is 3.18. The molecule has 0 radical (unpaired) electrons. The molecule has 1 aliphatic heterocycles. The second kappa shape index (κ2) is 5.21. The molecule has 5 heteroatoms. The van der Waals surface area contributed by atoms with Gasteiger partial charge < -0.3 is 14.6 Å². The lowest BCUT2D eigenvalue weighted by molar-refractivity contribution is -0.134. The van der Waals surface area contributed by atoms with Gasteiger partial charge in [0.15, 0.2) is 0 Å². The number of rotatable bonds is 2. The van der Waals surface area contributed by atoms with Crippen molar-refractivity contribution in [2.45, 2.75) is 0 Å². The number of amides is 2. The van der Waals surface area contributed by atoms with E-state index in [0.29, 0.717) is 18.8 Å². The molecule has 20 heavy (non-hydrogen) atoms. The molecule has 3 rings (SSSR count). The molecule has 2 amide bonds. The summed E-state index contributed by atoms with van der Waals surface area (Å²) in [4.78, 5) is 24.7. The Hall–Kier alpha value is -2.56. The highest BCUT2D eigenvalue weighted by Crippen LogP contribution is 2.19. The maximum absolute atomic E-state index is 11.9. The first-order chi connectivity index (χ1) is 9.72. The summed E-state index contributed by atoms with van der Waals surface area (Å²) in [5.41, 5.74) is 0.789. The van der Waals surface area contributed by atoms with Crippen molar-refractivity contribution in [2.24, 2.45) is 0 Å². The molecule has 0 atom stereocenters. The number of para-hydroxylation sites is 1. The minimum atomic E-state index is -0.180. The molecule has 0 saturated carbocycles. The fourth-order valence-electron chi connectivity index (χ4n) is 2.17. The molecule has 1 N–H and O–H groups in total. The summed E-state index contributed by atoms with van der Waals surface area (Å²) in [6, 6.07) is 9.54. The van der Waals surface area contributed by atoms with Gasteiger partial charge in [-0.2, -0.15) is 0 Å². The van der Waals surface area contributed by atoms with Gasteiger partial charge in [0.1, 0.15) is 11.3 Å². The zero-order chi connectivity index (χ0) is 13.9. The average Bonchev–Trinajstić information content (AvgIpc) is 2.87. The predicted molar refractivity (Wildman–Crippen MR) is 74.8 cm³/mol. The number of furan rings is 1. The fraction of sp³-hybridized carbons (Fsp3) is 0.200. The van der Waals surface area contributed by atoms with Crippen molar-refractivity contribution in [2.75, 3.05) is 19.6 Å². The number of hydrogen-bond acceptors (Lipinski definition) is 3. The molecule has 0 unspecified atom stereocenters. The van der Waals surface area contributed by atoms with Gasteiger partial charge in [0.25, 0.3) is 0 Å². The van der Waals surface area contributed by atoms with Crippen molar-refractivity contribution < 1.29 is 14.0 Å². The fourth-order valence-corrected chi connectivity index (χ4v) is 2.17. The highest BCUT2D eigenvalue weighted by Gasteiger charge is 2.19. The average molecular weight is 270 g/mol. The first kappa shape index (κ1) is 12.5. The van der Waals surface area contributed by atoms with Crippen molar-refractivity contribution in [3.63, 3.8) is 0 Å². The van der Waals surface area contributed by atoms with E-state index in [2.05, 4.69) is 5.32 Å². The largest absolute Gasteiger partial charge is 0.457 e. The molecule has 1 saturated heterocycles. The Kier molecular flexibility index (Phi) is 3.25. The Morgan fingerprint density at radius 3 is 3.00 bits per heavy atom. The monoisotopic (exact) mass is 270 g/mol. The smallest absolute Gasteiger partial charge is 0.247 e. The molecule has 1 fully saturated rings. The van der Waals surface area contributed by atoms with Crippen molar-refractivity contribution in [1.29, 1.82) is 0 Å². The van der Waals surface area contributed by atoms with Gasteiger partial charge in [0.2, 0.25) is 11.8 Å². The van der Waals surface area contributed by atoms with Gasteiger partial charge in [-0.1, -0.05) is 18.2 Å². The molecule has 1 aliphatic rings. The molecule has 102 valence electrons. The van der Waals surface area contributed by atoms with Crippen LogP contribution in [0.2, 0.25) is 0 Å². The number of nitrogens with one attached hydrogen (secondary N) is 1. The number of benzene rings is 1. The molecular weight excluding hydrogens is 256 g/mol. The maximum Gasteiger partial charge on any atom is 0.247 e. The van der Waals surface area contributed by atoms with Gasteiger partial charge >= 0.3 is 0 Å². The van der Waals surface area contributed by atoms with Gasteiger partial charge in [-0.05, 0) is 18.2 Å². The van der Waals surface area contributed by atoms with E-state index < -0.39 is 0 Å². The van der Waals surface area contributed by atoms with E-state index >= 15 is 0 Å². The minimum Gasteiger partial charge on any atom is -0.457 e. The Morgan fingerprint density at radius 2 is 2.20 bits per heavy atom. The maximum atomic E-state index is 11.9. The third-order valence-electron chi connectivity index (χ3n) is 3.18. The molecular formula is C15H14N2O3. The highest BCUT2D eigenvalue weighted by atomic mass is 16.3. The van der Waals surface area contributed by atoms with Crippen LogP contribution < -0.4 is 5.32 Å². The SMILES string of the molecule is O=C1CN(C(=O)C=Cc2cc3ccccc3o2)CCN1. The molecule has 0 spiro atoms. The van der Waals surface area contributed by atoms with Crippen LogP contribution in [-0.4, -0.2) is 36.3 Å². The van der Waals surface area contributed by atoms with Gasteiger partial charge in [-0.25, -0.2) is 0 Å². The van der Waals surface area contributed by atoms with Crippen LogP contribution in [0, 0.1) is 0 Å². The molecule has 1 aromatic carbocycles. The van der Waals surface area contributed by atoms with E-state index in [1.807, 2.05) is 30.3 Å². The van der Waals surface area contributed by atoms with Crippen molar-refractivity contribution in [3.05, 3.63) is 42.2 Å². The second-order valence-corrected chi connectivity index (χ2v) is 4.63. The summed E-state index contributed by atoms with van der Waals surface area (Å²) in [5, 5.41) is 3.68. The van der Waals surface area contributed by atoms with Crippen LogP contribution in [-0.2, 0) is 9.59 Å². The van der Waals surface area contributed by atoms with E-state index in [1.54, 1.807) is 6.08 Å². The van der Waals surface area contributed by atoms with Crippen molar-refractivity contribution in [1.82, 2.24) is 10.2 Å². The van der Waals surface area contributed by atoms with Crippen LogP contribution in [0.4, 0.5) is 0 Å². The van der Waals surface area contributed by atoms with E-state index in [9.17, 15) is 9.59 Å². The zero-order valence-electron chi connectivity index (χ0n) is 10.8. The molecule has 0 bridgehead atoms. The molecule has 0 aliphatic carbocycles. The summed E-state index contributed by atoms with van der Waals surface area (Å²) in [6.07, 6.45) is 3.07. The Bertz CT molecular complexity index is 654. The highest BCUT2D eigenvalue weighted by molar-refractivity contribution is 5.95. The standard InChI is InChI=1S/C15H14N2O3/c18-14-10-17(8-7-16-14)15(19)6-5-12-9-11-3-1-2-4-13(11)20-12/h1-6,9H,7-8,10H2,(H,16,18). The predicted octanol–water partition coefficient (Wildman–Crippen LogP) is 1.40. The number of hydrogen-bond donors (Lipinski definition) is 1. The van der Waals surface area contributed by atoms with Crippen molar-refractivity contribution in [3.8, 4) is 0 Å². The van der Waals surface area contributed by atoms with Gasteiger partial charge in [-0.15, -0.1) is 0 Å². The number of carbonyl (C=O) groups is 2. The van der Waals surface area contributed by atoms with Gasteiger partial charge in [0.05, 0.1) is 6.54 Å². The molecule has 2 aromatic rings. The van der Waals surface area contributed by atoms with E-state index in [-0.39, 0.29) is 18.4 Å². The van der Waals surface area contributed by atoms with Crippen molar-refractivity contribution >= 4 is 28.9 Å². The molecule has 5 nitrogen and oxygen atoms in total. The van der Waals surface area contributed by atoms with Gasteiger partial charge in [-0.3, -0.25) is 9.59 Å².